The maximum atomic E-state index is 11.0. The first-order valence-corrected chi connectivity index (χ1v) is 4.61. The predicted octanol–water partition coefficient (Wildman–Crippen LogP) is 1.67. The fraction of sp³-hybridized carbons (Fsp3) is 0.273. The molecular weight excluding hydrogens is 194 g/mol. The number of methoxy groups -OCH3 is 1. The van der Waals surface area contributed by atoms with Gasteiger partial charge in [0, 0.05) is 12.3 Å². The van der Waals surface area contributed by atoms with Gasteiger partial charge in [0.05, 0.1) is 13.7 Å². The van der Waals surface area contributed by atoms with Crippen molar-refractivity contribution in [1.82, 2.24) is 4.98 Å². The van der Waals surface area contributed by atoms with E-state index in [0.29, 0.717) is 18.1 Å². The Morgan fingerprint density at radius 3 is 3.07 bits per heavy atom. The van der Waals surface area contributed by atoms with Gasteiger partial charge in [0.1, 0.15) is 11.4 Å². The summed E-state index contributed by atoms with van der Waals surface area (Å²) < 4.78 is 9.81. The molecule has 0 aromatic carbocycles. The Kier molecular flexibility index (Phi) is 4.34. The molecule has 1 rings (SSSR count). The van der Waals surface area contributed by atoms with Crippen LogP contribution in [0, 0.1) is 0 Å². The maximum absolute atomic E-state index is 11.0. The summed E-state index contributed by atoms with van der Waals surface area (Å²) >= 11 is 0. The minimum atomic E-state index is -0.384. The molecule has 0 saturated carbocycles. The molecule has 1 aromatic heterocycles. The van der Waals surface area contributed by atoms with Gasteiger partial charge in [-0.05, 0) is 25.1 Å². The van der Waals surface area contributed by atoms with E-state index >= 15 is 0 Å². The van der Waals surface area contributed by atoms with Crippen LogP contribution in [-0.4, -0.2) is 24.7 Å². The molecular formula is C11H13NO3. The molecule has 80 valence electrons. The first-order valence-electron chi connectivity index (χ1n) is 4.61. The average molecular weight is 207 g/mol. The van der Waals surface area contributed by atoms with Crippen LogP contribution < -0.4 is 4.74 Å². The zero-order valence-electron chi connectivity index (χ0n) is 8.77. The van der Waals surface area contributed by atoms with E-state index < -0.39 is 0 Å². The third-order valence-corrected chi connectivity index (χ3v) is 1.68. The minimum absolute atomic E-state index is 0.364. The monoisotopic (exact) mass is 207 g/mol. The van der Waals surface area contributed by atoms with Crippen LogP contribution in [0.25, 0.3) is 6.08 Å². The molecule has 1 heterocycles. The summed E-state index contributed by atoms with van der Waals surface area (Å²) in [6.45, 7) is 2.12. The molecule has 0 aliphatic carbocycles. The average Bonchev–Trinajstić information content (AvgIpc) is 2.27. The number of pyridine rings is 1. The number of rotatable bonds is 4. The van der Waals surface area contributed by atoms with Crippen LogP contribution in [-0.2, 0) is 9.53 Å². The Morgan fingerprint density at radius 1 is 1.60 bits per heavy atom. The van der Waals surface area contributed by atoms with Crippen molar-refractivity contribution in [1.29, 1.82) is 0 Å². The zero-order chi connectivity index (χ0) is 11.1. The van der Waals surface area contributed by atoms with E-state index in [2.05, 4.69) is 4.98 Å². The van der Waals surface area contributed by atoms with Crippen molar-refractivity contribution < 1.29 is 14.3 Å². The summed E-state index contributed by atoms with van der Waals surface area (Å²) in [6, 6.07) is 3.54. The molecule has 0 N–H and O–H groups in total. The molecule has 0 atom stereocenters. The molecule has 1 aromatic rings. The van der Waals surface area contributed by atoms with Crippen LogP contribution in [0.1, 0.15) is 12.6 Å². The highest BCUT2D eigenvalue weighted by atomic mass is 16.5. The lowest BCUT2D eigenvalue weighted by atomic mass is 10.3. The Hall–Kier alpha value is -1.84. The second-order valence-corrected chi connectivity index (χ2v) is 2.68. The molecule has 0 saturated heterocycles. The summed E-state index contributed by atoms with van der Waals surface area (Å²) in [4.78, 5) is 15.1. The lowest BCUT2D eigenvalue weighted by Crippen LogP contribution is -1.99. The quantitative estimate of drug-likeness (QED) is 0.556. The van der Waals surface area contributed by atoms with Crippen molar-refractivity contribution in [2.75, 3.05) is 13.7 Å². The summed E-state index contributed by atoms with van der Waals surface area (Å²) in [5.41, 5.74) is 0.605. The molecule has 0 spiro atoms. The van der Waals surface area contributed by atoms with Crippen LogP contribution in [0.2, 0.25) is 0 Å². The number of carbonyl (C=O) groups is 1. The zero-order valence-corrected chi connectivity index (χ0v) is 8.77. The summed E-state index contributed by atoms with van der Waals surface area (Å²) in [6.07, 6.45) is 4.53. The van der Waals surface area contributed by atoms with E-state index in [1.165, 1.54) is 6.08 Å². The van der Waals surface area contributed by atoms with Crippen molar-refractivity contribution >= 4 is 12.0 Å². The van der Waals surface area contributed by atoms with Crippen molar-refractivity contribution in [2.24, 2.45) is 0 Å². The van der Waals surface area contributed by atoms with E-state index in [9.17, 15) is 4.79 Å². The number of nitrogens with zero attached hydrogens (tertiary/aromatic N) is 1. The fourth-order valence-electron chi connectivity index (χ4n) is 1.04. The van der Waals surface area contributed by atoms with Gasteiger partial charge >= 0.3 is 5.97 Å². The van der Waals surface area contributed by atoms with Gasteiger partial charge in [-0.25, -0.2) is 4.79 Å². The predicted molar refractivity (Wildman–Crippen MR) is 56.5 cm³/mol. The van der Waals surface area contributed by atoms with Crippen LogP contribution in [0.15, 0.2) is 24.4 Å². The number of ether oxygens (including phenoxy) is 2. The van der Waals surface area contributed by atoms with Gasteiger partial charge in [0.15, 0.2) is 0 Å². The van der Waals surface area contributed by atoms with Crippen LogP contribution in [0.5, 0.6) is 5.75 Å². The van der Waals surface area contributed by atoms with Gasteiger partial charge in [-0.3, -0.25) is 4.98 Å². The Labute approximate surface area is 88.5 Å². The summed E-state index contributed by atoms with van der Waals surface area (Å²) in [5, 5.41) is 0. The Balaban J connectivity index is 2.75. The van der Waals surface area contributed by atoms with Gasteiger partial charge in [0.25, 0.3) is 0 Å². The largest absolute Gasteiger partial charge is 0.494 e. The van der Waals surface area contributed by atoms with E-state index in [1.807, 2.05) is 0 Å². The smallest absolute Gasteiger partial charge is 0.330 e. The molecule has 0 unspecified atom stereocenters. The molecule has 0 radical (unpaired) electrons. The normalized spacial score (nSPS) is 10.3. The molecule has 0 bridgehead atoms. The highest BCUT2D eigenvalue weighted by Crippen LogP contribution is 2.15. The molecule has 4 nitrogen and oxygen atoms in total. The van der Waals surface area contributed by atoms with E-state index in [1.54, 1.807) is 38.4 Å². The lowest BCUT2D eigenvalue weighted by molar-refractivity contribution is -0.137. The Bertz CT molecular complexity index is 361. The van der Waals surface area contributed by atoms with Crippen LogP contribution >= 0.6 is 0 Å². The van der Waals surface area contributed by atoms with Crippen molar-refractivity contribution in [3.8, 4) is 5.75 Å². The topological polar surface area (TPSA) is 48.4 Å². The number of aromatic nitrogens is 1. The fourth-order valence-corrected chi connectivity index (χ4v) is 1.04. The van der Waals surface area contributed by atoms with Gasteiger partial charge < -0.3 is 9.47 Å². The van der Waals surface area contributed by atoms with E-state index in [4.69, 9.17) is 9.47 Å². The maximum Gasteiger partial charge on any atom is 0.330 e. The van der Waals surface area contributed by atoms with Gasteiger partial charge in [-0.15, -0.1) is 0 Å². The second-order valence-electron chi connectivity index (χ2n) is 2.68. The highest BCUT2D eigenvalue weighted by molar-refractivity contribution is 5.87. The van der Waals surface area contributed by atoms with Gasteiger partial charge in [-0.1, -0.05) is 0 Å². The summed E-state index contributed by atoms with van der Waals surface area (Å²) in [7, 11) is 1.55. The molecule has 0 fully saturated rings. The van der Waals surface area contributed by atoms with Crippen LogP contribution in [0.3, 0.4) is 0 Å². The van der Waals surface area contributed by atoms with Gasteiger partial charge in [0.2, 0.25) is 0 Å². The number of carbonyl (C=O) groups excluding carboxylic acids is 1. The highest BCUT2D eigenvalue weighted by Gasteiger charge is 2.00. The molecule has 0 amide bonds. The first kappa shape index (κ1) is 11.2. The van der Waals surface area contributed by atoms with E-state index in [-0.39, 0.29) is 5.97 Å². The lowest BCUT2D eigenvalue weighted by Gasteiger charge is -2.01. The molecule has 0 aliphatic heterocycles. The number of hydrogen-bond donors (Lipinski definition) is 0. The standard InChI is InChI=1S/C11H13NO3/c1-3-15-11(13)7-6-9-10(14-2)5-4-8-12-9/h4-8H,3H2,1-2H3/b7-6+. The van der Waals surface area contributed by atoms with E-state index in [0.717, 1.165) is 0 Å². The van der Waals surface area contributed by atoms with Crippen molar-refractivity contribution in [3.63, 3.8) is 0 Å². The van der Waals surface area contributed by atoms with Gasteiger partial charge in [-0.2, -0.15) is 0 Å². The Morgan fingerprint density at radius 2 is 2.40 bits per heavy atom. The second kappa shape index (κ2) is 5.80. The number of esters is 1. The van der Waals surface area contributed by atoms with Crippen LogP contribution in [0.4, 0.5) is 0 Å². The summed E-state index contributed by atoms with van der Waals surface area (Å²) in [5.74, 6) is 0.239. The minimum Gasteiger partial charge on any atom is -0.494 e. The molecule has 15 heavy (non-hydrogen) atoms. The molecule has 4 heteroatoms. The van der Waals surface area contributed by atoms with Crippen molar-refractivity contribution in [3.05, 3.63) is 30.1 Å². The SMILES string of the molecule is CCOC(=O)/C=C/c1ncccc1OC. The third kappa shape index (κ3) is 3.42. The molecule has 0 aliphatic rings. The third-order valence-electron chi connectivity index (χ3n) is 1.68. The van der Waals surface area contributed by atoms with Crippen molar-refractivity contribution in [2.45, 2.75) is 6.92 Å². The first-order chi connectivity index (χ1) is 7.27. The number of hydrogen-bond acceptors (Lipinski definition) is 4.